The molecule has 0 aliphatic carbocycles. The number of aliphatic hydroxyl groups excluding tert-OH is 1. The number of aliphatic hydroxyl groups is 1. The first-order valence-corrected chi connectivity index (χ1v) is 7.36. The van der Waals surface area contributed by atoms with Crippen LogP contribution >= 0.6 is 34.8 Å². The van der Waals surface area contributed by atoms with E-state index < -0.39 is 17.8 Å². The van der Waals surface area contributed by atoms with Crippen molar-refractivity contribution in [1.29, 1.82) is 0 Å². The molecule has 0 spiro atoms. The van der Waals surface area contributed by atoms with Crippen molar-refractivity contribution < 1.29 is 9.50 Å². The first-order valence-electron chi connectivity index (χ1n) is 6.22. The fourth-order valence-electron chi connectivity index (χ4n) is 2.20. The summed E-state index contributed by atoms with van der Waals surface area (Å²) in [5.41, 5.74) is 6.40. The number of halogens is 4. The highest BCUT2D eigenvalue weighted by Crippen LogP contribution is 2.37. The van der Waals surface area contributed by atoms with E-state index in [-0.39, 0.29) is 17.1 Å². The lowest BCUT2D eigenvalue weighted by Gasteiger charge is -2.24. The van der Waals surface area contributed by atoms with Gasteiger partial charge < -0.3 is 10.8 Å². The molecule has 0 fully saturated rings. The molecule has 0 saturated carbocycles. The highest BCUT2D eigenvalue weighted by Gasteiger charge is 2.26. The molecule has 2 rings (SSSR count). The molecule has 0 radical (unpaired) electrons. The van der Waals surface area contributed by atoms with Crippen LogP contribution in [0.25, 0.3) is 0 Å². The van der Waals surface area contributed by atoms with Crippen molar-refractivity contribution in [2.24, 2.45) is 5.73 Å². The van der Waals surface area contributed by atoms with Crippen molar-refractivity contribution in [1.82, 2.24) is 0 Å². The van der Waals surface area contributed by atoms with Crippen molar-refractivity contribution in [2.75, 3.05) is 6.54 Å². The van der Waals surface area contributed by atoms with E-state index in [4.69, 9.17) is 40.5 Å². The van der Waals surface area contributed by atoms with Gasteiger partial charge in [0.2, 0.25) is 0 Å². The number of rotatable bonds is 4. The van der Waals surface area contributed by atoms with Crippen molar-refractivity contribution >= 4 is 34.8 Å². The molecule has 2 unspecified atom stereocenters. The lowest BCUT2D eigenvalue weighted by Crippen LogP contribution is -2.21. The third-order valence-electron chi connectivity index (χ3n) is 3.29. The summed E-state index contributed by atoms with van der Waals surface area (Å²) in [6.07, 6.45) is -1.04. The Morgan fingerprint density at radius 1 is 1.05 bits per heavy atom. The Bertz CT molecular complexity index is 631. The summed E-state index contributed by atoms with van der Waals surface area (Å²) < 4.78 is 14.0. The van der Waals surface area contributed by atoms with E-state index in [2.05, 4.69) is 0 Å². The third-order valence-corrected chi connectivity index (χ3v) is 4.36. The van der Waals surface area contributed by atoms with Crippen LogP contribution in [0.1, 0.15) is 23.1 Å². The molecule has 2 nitrogen and oxygen atoms in total. The summed E-state index contributed by atoms with van der Waals surface area (Å²) >= 11 is 17.8. The minimum absolute atomic E-state index is 0.0298. The Morgan fingerprint density at radius 3 is 2.33 bits per heavy atom. The van der Waals surface area contributed by atoms with Crippen molar-refractivity contribution in [3.8, 4) is 0 Å². The summed E-state index contributed by atoms with van der Waals surface area (Å²) in [6, 6.07) is 9.07. The maximum atomic E-state index is 14.0. The van der Waals surface area contributed by atoms with E-state index in [1.54, 1.807) is 18.2 Å². The molecular weight excluding hydrogens is 336 g/mol. The Hall–Kier alpha value is -0.840. The zero-order chi connectivity index (χ0) is 15.6. The van der Waals surface area contributed by atoms with Crippen LogP contribution in [0.5, 0.6) is 0 Å². The van der Waals surface area contributed by atoms with Gasteiger partial charge in [-0.05, 0) is 29.8 Å². The normalized spacial score (nSPS) is 14.0. The van der Waals surface area contributed by atoms with Crippen molar-refractivity contribution in [3.63, 3.8) is 0 Å². The van der Waals surface area contributed by atoms with Gasteiger partial charge in [0.1, 0.15) is 5.82 Å². The average Bonchev–Trinajstić information content (AvgIpc) is 2.45. The van der Waals surface area contributed by atoms with Crippen LogP contribution in [-0.2, 0) is 0 Å². The summed E-state index contributed by atoms with van der Waals surface area (Å²) in [5.74, 6) is -1.19. The lowest BCUT2D eigenvalue weighted by molar-refractivity contribution is 0.146. The fraction of sp³-hybridized carbons (Fsp3) is 0.200. The minimum atomic E-state index is -1.04. The second-order valence-corrected chi connectivity index (χ2v) is 5.82. The number of benzene rings is 2. The van der Waals surface area contributed by atoms with Gasteiger partial charge in [0.05, 0.1) is 16.1 Å². The molecule has 21 heavy (non-hydrogen) atoms. The average molecular weight is 349 g/mol. The smallest absolute Gasteiger partial charge is 0.128 e. The maximum Gasteiger partial charge on any atom is 0.128 e. The largest absolute Gasteiger partial charge is 0.388 e. The van der Waals surface area contributed by atoms with Gasteiger partial charge in [-0.15, -0.1) is 0 Å². The standard InChI is InChI=1S/C15H13Cl3FNO/c16-10-5-4-8(6-12(10)18)15(21)9(7-20)14-11(17)2-1-3-13(14)19/h1-6,9,15,21H,7,20H2. The van der Waals surface area contributed by atoms with Crippen LogP contribution in [0.15, 0.2) is 36.4 Å². The molecule has 2 atom stereocenters. The Kier molecular flexibility index (Phi) is 5.47. The van der Waals surface area contributed by atoms with Crippen LogP contribution in [0.4, 0.5) is 4.39 Å². The lowest BCUT2D eigenvalue weighted by atomic mass is 9.89. The highest BCUT2D eigenvalue weighted by molar-refractivity contribution is 6.42. The Morgan fingerprint density at radius 2 is 1.76 bits per heavy atom. The van der Waals surface area contributed by atoms with Gasteiger partial charge in [-0.3, -0.25) is 0 Å². The molecule has 0 heterocycles. The van der Waals surface area contributed by atoms with Gasteiger partial charge in [0, 0.05) is 23.0 Å². The van der Waals surface area contributed by atoms with E-state index in [9.17, 15) is 9.50 Å². The molecule has 0 aromatic heterocycles. The molecule has 3 N–H and O–H groups in total. The molecule has 112 valence electrons. The second kappa shape index (κ2) is 6.95. The molecule has 0 bridgehead atoms. The molecule has 2 aromatic rings. The maximum absolute atomic E-state index is 14.0. The molecule has 2 aromatic carbocycles. The Labute approximate surface area is 137 Å². The van der Waals surface area contributed by atoms with Gasteiger partial charge in [-0.1, -0.05) is 46.9 Å². The molecule has 0 saturated heterocycles. The first kappa shape index (κ1) is 16.5. The second-order valence-electron chi connectivity index (χ2n) is 4.60. The molecule has 6 heteroatoms. The quantitative estimate of drug-likeness (QED) is 0.850. The zero-order valence-corrected chi connectivity index (χ0v) is 13.1. The van der Waals surface area contributed by atoms with E-state index in [0.29, 0.717) is 15.6 Å². The first-order chi connectivity index (χ1) is 9.95. The van der Waals surface area contributed by atoms with E-state index >= 15 is 0 Å². The summed E-state index contributed by atoms with van der Waals surface area (Å²) in [4.78, 5) is 0. The predicted molar refractivity (Wildman–Crippen MR) is 84.6 cm³/mol. The molecular formula is C15H13Cl3FNO. The summed E-state index contributed by atoms with van der Waals surface area (Å²) in [5, 5.41) is 11.4. The topological polar surface area (TPSA) is 46.2 Å². The Balaban J connectivity index is 2.43. The zero-order valence-electron chi connectivity index (χ0n) is 10.9. The SMILES string of the molecule is NCC(c1c(F)cccc1Cl)C(O)c1ccc(Cl)c(Cl)c1. The third kappa shape index (κ3) is 3.50. The van der Waals surface area contributed by atoms with E-state index in [1.807, 2.05) is 0 Å². The van der Waals surface area contributed by atoms with E-state index in [0.717, 1.165) is 0 Å². The molecule has 0 aliphatic heterocycles. The fourth-order valence-corrected chi connectivity index (χ4v) is 2.81. The number of hydrogen-bond donors (Lipinski definition) is 2. The van der Waals surface area contributed by atoms with Gasteiger partial charge in [0.25, 0.3) is 0 Å². The van der Waals surface area contributed by atoms with E-state index in [1.165, 1.54) is 18.2 Å². The molecule has 0 amide bonds. The summed E-state index contributed by atoms with van der Waals surface area (Å²) in [7, 11) is 0. The number of nitrogens with two attached hydrogens (primary N) is 1. The minimum Gasteiger partial charge on any atom is -0.388 e. The van der Waals surface area contributed by atoms with Crippen LogP contribution in [0.3, 0.4) is 0 Å². The monoisotopic (exact) mass is 347 g/mol. The highest BCUT2D eigenvalue weighted by atomic mass is 35.5. The molecule has 0 aliphatic rings. The van der Waals surface area contributed by atoms with Gasteiger partial charge in [-0.25, -0.2) is 4.39 Å². The predicted octanol–water partition coefficient (Wildman–Crippen LogP) is 4.56. The van der Waals surface area contributed by atoms with Crippen LogP contribution in [-0.4, -0.2) is 11.7 Å². The van der Waals surface area contributed by atoms with Crippen LogP contribution < -0.4 is 5.73 Å². The van der Waals surface area contributed by atoms with Gasteiger partial charge >= 0.3 is 0 Å². The number of hydrogen-bond acceptors (Lipinski definition) is 2. The van der Waals surface area contributed by atoms with Gasteiger partial charge in [-0.2, -0.15) is 0 Å². The van der Waals surface area contributed by atoms with Crippen LogP contribution in [0, 0.1) is 5.82 Å². The summed E-state index contributed by atoms with van der Waals surface area (Å²) in [6.45, 7) is 0.0298. The van der Waals surface area contributed by atoms with Crippen molar-refractivity contribution in [3.05, 3.63) is 68.4 Å². The van der Waals surface area contributed by atoms with Crippen LogP contribution in [0.2, 0.25) is 15.1 Å². The van der Waals surface area contributed by atoms with Gasteiger partial charge in [0.15, 0.2) is 0 Å². The van der Waals surface area contributed by atoms with Crippen molar-refractivity contribution in [2.45, 2.75) is 12.0 Å².